The molecule has 0 radical (unpaired) electrons. The number of nitrogens with zero attached hydrogens (tertiary/aromatic N) is 1. The summed E-state index contributed by atoms with van der Waals surface area (Å²) in [5, 5.41) is 4.45. The number of unbranched alkanes of at least 4 members (excludes halogenated alkanes) is 3. The van der Waals surface area contributed by atoms with Crippen LogP contribution < -0.4 is 11.1 Å². The molecule has 0 unspecified atom stereocenters. The standard InChI is InChI=1S/C14H25N3OS2/c1-5-6-7-8-9-16-13-11(19-4)10(15)12(20-13)14(18)17(2)3/h16H,5-9,15H2,1-4H3. The summed E-state index contributed by atoms with van der Waals surface area (Å²) >= 11 is 3.06. The minimum atomic E-state index is -0.0261. The lowest BCUT2D eigenvalue weighted by atomic mass is 10.2. The van der Waals surface area contributed by atoms with Gasteiger partial charge in [-0.25, -0.2) is 0 Å². The Morgan fingerprint density at radius 3 is 2.60 bits per heavy atom. The van der Waals surface area contributed by atoms with Crippen molar-refractivity contribution in [1.29, 1.82) is 0 Å². The number of anilines is 2. The van der Waals surface area contributed by atoms with Gasteiger partial charge in [0.05, 0.1) is 10.6 Å². The Morgan fingerprint density at radius 2 is 2.05 bits per heavy atom. The molecule has 0 saturated heterocycles. The Labute approximate surface area is 130 Å². The third kappa shape index (κ3) is 4.31. The van der Waals surface area contributed by atoms with E-state index in [1.165, 1.54) is 30.6 Å². The minimum Gasteiger partial charge on any atom is -0.396 e. The molecule has 0 saturated carbocycles. The molecule has 114 valence electrons. The number of hydrogen-bond acceptors (Lipinski definition) is 5. The van der Waals surface area contributed by atoms with Crippen molar-refractivity contribution in [1.82, 2.24) is 4.90 Å². The maximum absolute atomic E-state index is 12.1. The highest BCUT2D eigenvalue weighted by molar-refractivity contribution is 7.99. The molecule has 20 heavy (non-hydrogen) atoms. The van der Waals surface area contributed by atoms with Gasteiger partial charge >= 0.3 is 0 Å². The fraction of sp³-hybridized carbons (Fsp3) is 0.643. The molecule has 0 aliphatic carbocycles. The molecule has 4 nitrogen and oxygen atoms in total. The molecular formula is C14H25N3OS2. The minimum absolute atomic E-state index is 0.0261. The van der Waals surface area contributed by atoms with E-state index in [2.05, 4.69) is 12.2 Å². The van der Waals surface area contributed by atoms with Crippen molar-refractivity contribution >= 4 is 39.7 Å². The van der Waals surface area contributed by atoms with E-state index in [0.717, 1.165) is 22.9 Å². The molecule has 3 N–H and O–H groups in total. The van der Waals surface area contributed by atoms with E-state index < -0.39 is 0 Å². The van der Waals surface area contributed by atoms with Crippen molar-refractivity contribution in [3.63, 3.8) is 0 Å². The molecular weight excluding hydrogens is 290 g/mol. The molecule has 1 aromatic rings. The van der Waals surface area contributed by atoms with Crippen LogP contribution >= 0.6 is 23.1 Å². The summed E-state index contributed by atoms with van der Waals surface area (Å²) in [6.07, 6.45) is 6.89. The Hall–Kier alpha value is -0.880. The van der Waals surface area contributed by atoms with Gasteiger partial charge in [-0.2, -0.15) is 0 Å². The van der Waals surface area contributed by atoms with Crippen molar-refractivity contribution in [2.45, 2.75) is 37.5 Å². The number of carbonyl (C=O) groups excluding carboxylic acids is 1. The van der Waals surface area contributed by atoms with Crippen LogP contribution in [0, 0.1) is 0 Å². The number of hydrogen-bond donors (Lipinski definition) is 2. The first kappa shape index (κ1) is 17.2. The zero-order valence-corrected chi connectivity index (χ0v) is 14.4. The first-order valence-electron chi connectivity index (χ1n) is 6.94. The zero-order chi connectivity index (χ0) is 15.1. The van der Waals surface area contributed by atoms with Gasteiger partial charge in [-0.1, -0.05) is 26.2 Å². The van der Waals surface area contributed by atoms with Gasteiger partial charge in [0, 0.05) is 20.6 Å². The number of amides is 1. The van der Waals surface area contributed by atoms with Crippen molar-refractivity contribution in [2.75, 3.05) is 37.9 Å². The number of thioether (sulfide) groups is 1. The smallest absolute Gasteiger partial charge is 0.265 e. The SMILES string of the molecule is CCCCCCNc1sc(C(=O)N(C)C)c(N)c1SC. The summed E-state index contributed by atoms with van der Waals surface area (Å²) in [6.45, 7) is 3.14. The van der Waals surface area contributed by atoms with Gasteiger partial charge in [-0.3, -0.25) is 4.79 Å². The summed E-state index contributed by atoms with van der Waals surface area (Å²) in [7, 11) is 3.50. The van der Waals surface area contributed by atoms with Gasteiger partial charge in [0.2, 0.25) is 0 Å². The van der Waals surface area contributed by atoms with Crippen LogP contribution in [0.5, 0.6) is 0 Å². The molecule has 1 amide bonds. The molecule has 0 fully saturated rings. The van der Waals surface area contributed by atoms with Gasteiger partial charge in [-0.05, 0) is 12.7 Å². The lowest BCUT2D eigenvalue weighted by Gasteiger charge is -2.08. The summed E-state index contributed by atoms with van der Waals surface area (Å²) in [6, 6.07) is 0. The molecule has 0 bridgehead atoms. The lowest BCUT2D eigenvalue weighted by Crippen LogP contribution is -2.21. The largest absolute Gasteiger partial charge is 0.396 e. The number of carbonyl (C=O) groups is 1. The Kier molecular flexibility index (Phi) is 7.23. The predicted molar refractivity (Wildman–Crippen MR) is 91.2 cm³/mol. The first-order chi connectivity index (χ1) is 9.52. The summed E-state index contributed by atoms with van der Waals surface area (Å²) in [5.41, 5.74) is 6.72. The van der Waals surface area contributed by atoms with Crippen LogP contribution in [-0.2, 0) is 0 Å². The highest BCUT2D eigenvalue weighted by Crippen LogP contribution is 2.42. The predicted octanol–water partition coefficient (Wildman–Crippen LogP) is 3.75. The summed E-state index contributed by atoms with van der Waals surface area (Å²) in [5.74, 6) is -0.0261. The van der Waals surface area contributed by atoms with E-state index in [9.17, 15) is 4.79 Å². The zero-order valence-electron chi connectivity index (χ0n) is 12.8. The van der Waals surface area contributed by atoms with E-state index >= 15 is 0 Å². The van der Waals surface area contributed by atoms with Crippen molar-refractivity contribution in [2.24, 2.45) is 0 Å². The molecule has 0 aliphatic heterocycles. The highest BCUT2D eigenvalue weighted by atomic mass is 32.2. The molecule has 6 heteroatoms. The summed E-state index contributed by atoms with van der Waals surface area (Å²) in [4.78, 5) is 15.3. The van der Waals surface area contributed by atoms with Crippen LogP contribution in [0.25, 0.3) is 0 Å². The second kappa shape index (κ2) is 8.42. The number of rotatable bonds is 8. The van der Waals surface area contributed by atoms with Gasteiger partial charge in [0.1, 0.15) is 9.88 Å². The maximum Gasteiger partial charge on any atom is 0.265 e. The maximum atomic E-state index is 12.1. The molecule has 0 aromatic carbocycles. The van der Waals surface area contributed by atoms with E-state index in [1.807, 2.05) is 6.26 Å². The van der Waals surface area contributed by atoms with E-state index in [1.54, 1.807) is 30.8 Å². The van der Waals surface area contributed by atoms with Crippen LogP contribution in [0.15, 0.2) is 4.90 Å². The third-order valence-electron chi connectivity index (χ3n) is 3.02. The first-order valence-corrected chi connectivity index (χ1v) is 8.98. The normalized spacial score (nSPS) is 10.6. The van der Waals surface area contributed by atoms with E-state index in [0.29, 0.717) is 10.6 Å². The molecule has 1 rings (SSSR count). The number of nitrogens with two attached hydrogens (primary N) is 1. The molecule has 1 heterocycles. The third-order valence-corrected chi connectivity index (χ3v) is 5.13. The van der Waals surface area contributed by atoms with Gasteiger partial charge in [0.15, 0.2) is 0 Å². The van der Waals surface area contributed by atoms with Crippen molar-refractivity contribution < 1.29 is 4.79 Å². The average molecular weight is 316 g/mol. The molecule has 0 spiro atoms. The fourth-order valence-electron chi connectivity index (χ4n) is 1.86. The lowest BCUT2D eigenvalue weighted by molar-refractivity contribution is 0.0833. The van der Waals surface area contributed by atoms with Crippen LogP contribution in [0.1, 0.15) is 42.3 Å². The Balaban J connectivity index is 2.75. The summed E-state index contributed by atoms with van der Waals surface area (Å²) < 4.78 is 0. The van der Waals surface area contributed by atoms with Gasteiger partial charge < -0.3 is 16.0 Å². The van der Waals surface area contributed by atoms with Gasteiger partial charge in [-0.15, -0.1) is 23.1 Å². The highest BCUT2D eigenvalue weighted by Gasteiger charge is 2.21. The molecule has 0 aliphatic rings. The van der Waals surface area contributed by atoms with Crippen molar-refractivity contribution in [3.8, 4) is 0 Å². The Morgan fingerprint density at radius 1 is 1.35 bits per heavy atom. The van der Waals surface area contributed by atoms with Crippen molar-refractivity contribution in [3.05, 3.63) is 4.88 Å². The van der Waals surface area contributed by atoms with E-state index in [4.69, 9.17) is 5.73 Å². The van der Waals surface area contributed by atoms with Crippen LogP contribution in [0.4, 0.5) is 10.7 Å². The second-order valence-corrected chi connectivity index (χ2v) is 6.73. The number of nitrogens with one attached hydrogen (secondary N) is 1. The topological polar surface area (TPSA) is 58.4 Å². The van der Waals surface area contributed by atoms with Crippen LogP contribution in [0.2, 0.25) is 0 Å². The van der Waals surface area contributed by atoms with Gasteiger partial charge in [0.25, 0.3) is 5.91 Å². The van der Waals surface area contributed by atoms with E-state index in [-0.39, 0.29) is 5.91 Å². The van der Waals surface area contributed by atoms with Crippen LogP contribution in [-0.4, -0.2) is 37.7 Å². The second-order valence-electron chi connectivity index (χ2n) is 4.89. The number of thiophene rings is 1. The van der Waals surface area contributed by atoms with Crippen LogP contribution in [0.3, 0.4) is 0 Å². The quantitative estimate of drug-likeness (QED) is 0.566. The molecule has 1 aromatic heterocycles. The fourth-order valence-corrected chi connectivity index (χ4v) is 3.95. The molecule has 0 atom stereocenters. The Bertz CT molecular complexity index is 444. The number of nitrogen functional groups attached to an aromatic ring is 1. The average Bonchev–Trinajstić information content (AvgIpc) is 2.73. The monoisotopic (exact) mass is 315 g/mol.